The molecule has 2 aromatic heterocycles. The van der Waals surface area contributed by atoms with Crippen LogP contribution < -0.4 is 10.6 Å². The molecule has 0 aliphatic heterocycles. The third kappa shape index (κ3) is 4.42. The van der Waals surface area contributed by atoms with Crippen LogP contribution in [0.3, 0.4) is 0 Å². The second-order valence-corrected chi connectivity index (χ2v) is 6.70. The van der Waals surface area contributed by atoms with Crippen molar-refractivity contribution in [3.8, 4) is 11.3 Å². The zero-order valence-corrected chi connectivity index (χ0v) is 17.2. The van der Waals surface area contributed by atoms with Crippen molar-refractivity contribution in [3.63, 3.8) is 0 Å². The number of anilines is 2. The number of amides is 2. The van der Waals surface area contributed by atoms with Crippen molar-refractivity contribution in [2.24, 2.45) is 0 Å². The molecular formula is C19H14Cl2N4O5. The minimum atomic E-state index is -0.814. The highest BCUT2D eigenvalue weighted by atomic mass is 35.5. The largest absolute Gasteiger partial charge is 0.465 e. The molecule has 154 valence electrons. The van der Waals surface area contributed by atoms with Crippen molar-refractivity contribution < 1.29 is 23.6 Å². The first-order chi connectivity index (χ1) is 14.3. The second kappa shape index (κ2) is 8.93. The average Bonchev–Trinajstić information content (AvgIpc) is 3.10. The summed E-state index contributed by atoms with van der Waals surface area (Å²) in [6.45, 7) is 1.31. The highest BCUT2D eigenvalue weighted by Crippen LogP contribution is 2.38. The predicted molar refractivity (Wildman–Crippen MR) is 110 cm³/mol. The molecule has 2 heterocycles. The molecule has 0 radical (unpaired) electrons. The van der Waals surface area contributed by atoms with Gasteiger partial charge in [0.25, 0.3) is 5.91 Å². The van der Waals surface area contributed by atoms with Gasteiger partial charge in [0, 0.05) is 24.2 Å². The van der Waals surface area contributed by atoms with Gasteiger partial charge in [0.05, 0.1) is 17.2 Å². The van der Waals surface area contributed by atoms with Crippen molar-refractivity contribution in [2.75, 3.05) is 17.7 Å². The molecule has 0 spiro atoms. The molecular weight excluding hydrogens is 435 g/mol. The molecule has 11 heteroatoms. The monoisotopic (exact) mass is 448 g/mol. The fourth-order valence-corrected chi connectivity index (χ4v) is 3.13. The summed E-state index contributed by atoms with van der Waals surface area (Å²) in [7, 11) is 1.17. The average molecular weight is 449 g/mol. The number of aromatic nitrogens is 2. The molecule has 0 atom stereocenters. The van der Waals surface area contributed by atoms with E-state index in [1.165, 1.54) is 32.4 Å². The zero-order valence-electron chi connectivity index (χ0n) is 15.7. The van der Waals surface area contributed by atoms with E-state index in [-0.39, 0.29) is 50.0 Å². The van der Waals surface area contributed by atoms with Crippen LogP contribution in [0.25, 0.3) is 11.3 Å². The normalized spacial score (nSPS) is 10.4. The van der Waals surface area contributed by atoms with Crippen LogP contribution in [0.1, 0.15) is 27.6 Å². The van der Waals surface area contributed by atoms with Gasteiger partial charge in [0.15, 0.2) is 5.56 Å². The quantitative estimate of drug-likeness (QED) is 0.564. The van der Waals surface area contributed by atoms with Crippen LogP contribution in [-0.2, 0) is 9.53 Å². The molecule has 0 unspecified atom stereocenters. The van der Waals surface area contributed by atoms with Gasteiger partial charge in [-0.1, -0.05) is 34.4 Å². The summed E-state index contributed by atoms with van der Waals surface area (Å²) in [6, 6.07) is 7.54. The molecule has 30 heavy (non-hydrogen) atoms. The van der Waals surface area contributed by atoms with Crippen molar-refractivity contribution in [3.05, 3.63) is 57.7 Å². The lowest BCUT2D eigenvalue weighted by Gasteiger charge is -2.07. The zero-order chi connectivity index (χ0) is 21.8. The van der Waals surface area contributed by atoms with Gasteiger partial charge in [-0.2, -0.15) is 0 Å². The standard InChI is InChI=1S/C19H14Cl2N4O5/c1-9(26)23-13-8-10(6-7-22-13)17(27)24-18-15(19(28)29-2)16(25-30-18)14-11(20)4-3-5-12(14)21/h3-8H,1-2H3,(H,24,27)(H,22,23,26). The van der Waals surface area contributed by atoms with Gasteiger partial charge in [-0.3, -0.25) is 14.9 Å². The number of rotatable bonds is 5. The fraction of sp³-hybridized carbons (Fsp3) is 0.105. The van der Waals surface area contributed by atoms with Gasteiger partial charge in [0.1, 0.15) is 11.5 Å². The Kier molecular flexibility index (Phi) is 6.34. The second-order valence-electron chi connectivity index (χ2n) is 5.89. The molecule has 0 fully saturated rings. The van der Waals surface area contributed by atoms with E-state index >= 15 is 0 Å². The van der Waals surface area contributed by atoms with Crippen LogP contribution in [-0.4, -0.2) is 35.0 Å². The van der Waals surface area contributed by atoms with Crippen molar-refractivity contribution in [1.29, 1.82) is 0 Å². The number of nitrogens with zero attached hydrogens (tertiary/aromatic N) is 2. The highest BCUT2D eigenvalue weighted by Gasteiger charge is 2.29. The molecule has 2 N–H and O–H groups in total. The molecule has 9 nitrogen and oxygen atoms in total. The number of carbonyl (C=O) groups excluding carboxylic acids is 3. The Morgan fingerprint density at radius 3 is 2.43 bits per heavy atom. The Labute approximate surface area is 180 Å². The lowest BCUT2D eigenvalue weighted by Crippen LogP contribution is -2.16. The molecule has 0 saturated heterocycles. The van der Waals surface area contributed by atoms with Gasteiger partial charge in [-0.15, -0.1) is 0 Å². The van der Waals surface area contributed by atoms with Crippen LogP contribution in [0.15, 0.2) is 41.1 Å². The summed E-state index contributed by atoms with van der Waals surface area (Å²) in [6.07, 6.45) is 1.34. The lowest BCUT2D eigenvalue weighted by molar-refractivity contribution is -0.114. The number of ether oxygens (including phenoxy) is 1. The van der Waals surface area contributed by atoms with Crippen LogP contribution in [0.4, 0.5) is 11.7 Å². The maximum atomic E-state index is 12.7. The lowest BCUT2D eigenvalue weighted by atomic mass is 10.1. The molecule has 3 rings (SSSR count). The van der Waals surface area contributed by atoms with Gasteiger partial charge in [-0.25, -0.2) is 9.78 Å². The minimum Gasteiger partial charge on any atom is -0.465 e. The predicted octanol–water partition coefficient (Wildman–Crippen LogP) is 4.04. The molecule has 2 amide bonds. The smallest absolute Gasteiger partial charge is 0.345 e. The van der Waals surface area contributed by atoms with Gasteiger partial charge in [0.2, 0.25) is 11.8 Å². The molecule has 0 saturated carbocycles. The maximum Gasteiger partial charge on any atom is 0.345 e. The number of hydrogen-bond acceptors (Lipinski definition) is 7. The number of carbonyl (C=O) groups is 3. The summed E-state index contributed by atoms with van der Waals surface area (Å²) in [5, 5.41) is 9.24. The molecule has 3 aromatic rings. The first kappa shape index (κ1) is 21.3. The third-order valence-electron chi connectivity index (χ3n) is 3.83. The Morgan fingerprint density at radius 2 is 1.80 bits per heavy atom. The first-order valence-corrected chi connectivity index (χ1v) is 9.14. The topological polar surface area (TPSA) is 123 Å². The van der Waals surface area contributed by atoms with Gasteiger partial charge < -0.3 is 14.6 Å². The van der Waals surface area contributed by atoms with Crippen molar-refractivity contribution in [1.82, 2.24) is 10.1 Å². The van der Waals surface area contributed by atoms with E-state index < -0.39 is 11.9 Å². The SMILES string of the molecule is COC(=O)c1c(-c2c(Cl)cccc2Cl)noc1NC(=O)c1ccnc(NC(C)=O)c1. The van der Waals surface area contributed by atoms with Crippen molar-refractivity contribution >= 4 is 52.7 Å². The molecule has 0 aliphatic rings. The van der Waals surface area contributed by atoms with Gasteiger partial charge in [-0.05, 0) is 24.3 Å². The molecule has 1 aromatic carbocycles. The van der Waals surface area contributed by atoms with Crippen LogP contribution in [0, 0.1) is 0 Å². The minimum absolute atomic E-state index is 0.0152. The van der Waals surface area contributed by atoms with E-state index in [0.717, 1.165) is 0 Å². The summed E-state index contributed by atoms with van der Waals surface area (Å²) in [5.74, 6) is -1.86. The first-order valence-electron chi connectivity index (χ1n) is 8.39. The molecule has 0 bridgehead atoms. The summed E-state index contributed by atoms with van der Waals surface area (Å²) in [4.78, 5) is 40.2. The third-order valence-corrected chi connectivity index (χ3v) is 4.46. The maximum absolute atomic E-state index is 12.7. The van der Waals surface area contributed by atoms with E-state index in [1.54, 1.807) is 18.2 Å². The van der Waals surface area contributed by atoms with E-state index in [4.69, 9.17) is 32.5 Å². The van der Waals surface area contributed by atoms with Crippen molar-refractivity contribution in [2.45, 2.75) is 6.92 Å². The fourth-order valence-electron chi connectivity index (χ4n) is 2.56. The molecule has 0 aliphatic carbocycles. The summed E-state index contributed by atoms with van der Waals surface area (Å²) >= 11 is 12.4. The Bertz CT molecular complexity index is 1130. The highest BCUT2D eigenvalue weighted by molar-refractivity contribution is 6.39. The number of pyridine rings is 1. The van der Waals surface area contributed by atoms with E-state index in [0.29, 0.717) is 0 Å². The number of benzene rings is 1. The Hall–Kier alpha value is -3.43. The van der Waals surface area contributed by atoms with Crippen LogP contribution >= 0.6 is 23.2 Å². The van der Waals surface area contributed by atoms with E-state index in [1.807, 2.05) is 0 Å². The van der Waals surface area contributed by atoms with E-state index in [9.17, 15) is 14.4 Å². The number of hydrogen-bond donors (Lipinski definition) is 2. The Balaban J connectivity index is 1.99. The number of esters is 1. The number of methoxy groups -OCH3 is 1. The summed E-state index contributed by atoms with van der Waals surface area (Å²) in [5.41, 5.74) is 0.263. The number of halogens is 2. The van der Waals surface area contributed by atoms with E-state index in [2.05, 4.69) is 20.8 Å². The Morgan fingerprint density at radius 1 is 1.10 bits per heavy atom. The summed E-state index contributed by atoms with van der Waals surface area (Å²) < 4.78 is 9.98. The number of nitrogens with one attached hydrogen (secondary N) is 2. The van der Waals surface area contributed by atoms with Gasteiger partial charge >= 0.3 is 5.97 Å². The van der Waals surface area contributed by atoms with Crippen LogP contribution in [0.2, 0.25) is 10.0 Å². The van der Waals surface area contributed by atoms with Crippen LogP contribution in [0.5, 0.6) is 0 Å².